The van der Waals surface area contributed by atoms with E-state index in [9.17, 15) is 4.79 Å². The minimum atomic E-state index is -0.327. The highest BCUT2D eigenvalue weighted by Gasteiger charge is 2.11. The average Bonchev–Trinajstić information content (AvgIpc) is 3.37. The average molecular weight is 436 g/mol. The van der Waals surface area contributed by atoms with Crippen LogP contribution in [-0.4, -0.2) is 16.0 Å². The SMILES string of the molecule is O=C(Nc1ccc(-c2noc(/C=C/c3ccccc3)n2)cc1)c1ccc(Br)o1. The zero-order valence-electron chi connectivity index (χ0n) is 14.5. The Balaban J connectivity index is 1.43. The van der Waals surface area contributed by atoms with Crippen molar-refractivity contribution in [3.8, 4) is 11.4 Å². The van der Waals surface area contributed by atoms with Crippen molar-refractivity contribution in [1.29, 1.82) is 0 Å². The molecular formula is C21H14BrN3O3. The molecule has 0 radical (unpaired) electrons. The first-order valence-electron chi connectivity index (χ1n) is 8.41. The Morgan fingerprint density at radius 1 is 0.964 bits per heavy atom. The minimum Gasteiger partial charge on any atom is -0.444 e. The zero-order valence-corrected chi connectivity index (χ0v) is 16.1. The van der Waals surface area contributed by atoms with E-state index in [1.54, 1.807) is 30.3 Å². The molecule has 2 aromatic carbocycles. The maximum atomic E-state index is 12.1. The van der Waals surface area contributed by atoms with Crippen LogP contribution in [0, 0.1) is 0 Å². The third-order valence-corrected chi connectivity index (χ3v) is 4.28. The Labute approximate surface area is 169 Å². The molecule has 1 amide bonds. The molecule has 4 aromatic rings. The molecule has 0 atom stereocenters. The van der Waals surface area contributed by atoms with E-state index in [-0.39, 0.29) is 11.7 Å². The summed E-state index contributed by atoms with van der Waals surface area (Å²) in [7, 11) is 0. The van der Waals surface area contributed by atoms with Crippen molar-refractivity contribution >= 4 is 39.7 Å². The number of aromatic nitrogens is 2. The number of carbonyl (C=O) groups excluding carboxylic acids is 1. The monoisotopic (exact) mass is 435 g/mol. The van der Waals surface area contributed by atoms with E-state index in [2.05, 4.69) is 31.4 Å². The Kier molecular flexibility index (Phi) is 5.16. The number of halogens is 1. The zero-order chi connectivity index (χ0) is 19.3. The highest BCUT2D eigenvalue weighted by molar-refractivity contribution is 9.10. The molecule has 28 heavy (non-hydrogen) atoms. The first kappa shape index (κ1) is 17.9. The molecule has 138 valence electrons. The van der Waals surface area contributed by atoms with Crippen molar-refractivity contribution in [2.75, 3.05) is 5.32 Å². The lowest BCUT2D eigenvalue weighted by Gasteiger charge is -2.03. The first-order chi connectivity index (χ1) is 13.7. The second-order valence-corrected chi connectivity index (χ2v) is 6.62. The highest BCUT2D eigenvalue weighted by Crippen LogP contribution is 2.21. The van der Waals surface area contributed by atoms with Gasteiger partial charge in [-0.15, -0.1) is 0 Å². The number of rotatable bonds is 5. The van der Waals surface area contributed by atoms with Crippen LogP contribution in [0.15, 0.2) is 80.3 Å². The fraction of sp³-hybridized carbons (Fsp3) is 0. The van der Waals surface area contributed by atoms with Gasteiger partial charge in [0.25, 0.3) is 11.8 Å². The van der Waals surface area contributed by atoms with Crippen LogP contribution >= 0.6 is 15.9 Å². The van der Waals surface area contributed by atoms with Gasteiger partial charge in [0.2, 0.25) is 5.82 Å². The van der Waals surface area contributed by atoms with Gasteiger partial charge in [-0.2, -0.15) is 4.98 Å². The summed E-state index contributed by atoms with van der Waals surface area (Å²) in [5, 5.41) is 6.76. The number of nitrogens with zero attached hydrogens (tertiary/aromatic N) is 2. The summed E-state index contributed by atoms with van der Waals surface area (Å²) in [5.74, 6) is 0.787. The number of hydrogen-bond acceptors (Lipinski definition) is 5. The molecule has 2 heterocycles. The lowest BCUT2D eigenvalue weighted by molar-refractivity contribution is 0.0995. The highest BCUT2D eigenvalue weighted by atomic mass is 79.9. The van der Waals surface area contributed by atoms with Gasteiger partial charge in [-0.3, -0.25) is 4.79 Å². The number of carbonyl (C=O) groups is 1. The van der Waals surface area contributed by atoms with Crippen molar-refractivity contribution in [3.05, 3.63) is 88.6 Å². The lowest BCUT2D eigenvalue weighted by atomic mass is 10.2. The molecule has 1 N–H and O–H groups in total. The van der Waals surface area contributed by atoms with E-state index < -0.39 is 0 Å². The molecular weight excluding hydrogens is 422 g/mol. The summed E-state index contributed by atoms with van der Waals surface area (Å²) in [5.41, 5.74) is 2.46. The molecule has 6 nitrogen and oxygen atoms in total. The summed E-state index contributed by atoms with van der Waals surface area (Å²) >= 11 is 3.17. The molecule has 0 aliphatic heterocycles. The number of furan rings is 1. The molecule has 0 fully saturated rings. The third kappa shape index (κ3) is 4.27. The molecule has 0 spiro atoms. The normalized spacial score (nSPS) is 11.0. The standard InChI is InChI=1S/C21H14BrN3O3/c22-18-12-11-17(27-18)21(26)23-16-9-7-15(8-10-16)20-24-19(28-25-20)13-6-14-4-2-1-3-5-14/h1-13H,(H,23,26)/b13-6+. The van der Waals surface area contributed by atoms with Crippen molar-refractivity contribution in [2.24, 2.45) is 0 Å². The van der Waals surface area contributed by atoms with Crippen LogP contribution in [0.1, 0.15) is 22.0 Å². The fourth-order valence-corrected chi connectivity index (χ4v) is 2.79. The topological polar surface area (TPSA) is 81.2 Å². The van der Waals surface area contributed by atoms with Crippen LogP contribution < -0.4 is 5.32 Å². The minimum absolute atomic E-state index is 0.226. The van der Waals surface area contributed by atoms with E-state index in [0.717, 1.165) is 11.1 Å². The van der Waals surface area contributed by atoms with E-state index >= 15 is 0 Å². The smallest absolute Gasteiger partial charge is 0.291 e. The van der Waals surface area contributed by atoms with E-state index in [4.69, 9.17) is 8.94 Å². The molecule has 4 rings (SSSR count). The number of amides is 1. The van der Waals surface area contributed by atoms with Crippen LogP contribution in [0.2, 0.25) is 0 Å². The van der Waals surface area contributed by atoms with Crippen molar-refractivity contribution in [3.63, 3.8) is 0 Å². The van der Waals surface area contributed by atoms with Gasteiger partial charge in [-0.05, 0) is 64.0 Å². The Hall–Kier alpha value is -3.45. The van der Waals surface area contributed by atoms with Gasteiger partial charge < -0.3 is 14.3 Å². The van der Waals surface area contributed by atoms with Crippen LogP contribution in [0.3, 0.4) is 0 Å². The Bertz CT molecular complexity index is 1120. The summed E-state index contributed by atoms with van der Waals surface area (Å²) in [4.78, 5) is 16.5. The van der Waals surface area contributed by atoms with Gasteiger partial charge in [-0.25, -0.2) is 0 Å². The second kappa shape index (κ2) is 8.06. The van der Waals surface area contributed by atoms with E-state index in [0.29, 0.717) is 22.1 Å². The summed E-state index contributed by atoms with van der Waals surface area (Å²) in [6, 6.07) is 20.3. The molecule has 0 aliphatic carbocycles. The maximum absolute atomic E-state index is 12.1. The fourth-order valence-electron chi connectivity index (χ4n) is 2.48. The van der Waals surface area contributed by atoms with Crippen LogP contribution in [0.4, 0.5) is 5.69 Å². The van der Waals surface area contributed by atoms with E-state index in [1.165, 1.54) is 0 Å². The van der Waals surface area contributed by atoms with Gasteiger partial charge in [-0.1, -0.05) is 35.5 Å². The molecule has 0 saturated heterocycles. The molecule has 0 unspecified atom stereocenters. The quantitative estimate of drug-likeness (QED) is 0.446. The van der Waals surface area contributed by atoms with E-state index in [1.807, 2.05) is 48.5 Å². The molecule has 0 bridgehead atoms. The Morgan fingerprint density at radius 2 is 1.75 bits per heavy atom. The van der Waals surface area contributed by atoms with Gasteiger partial charge in [0, 0.05) is 17.3 Å². The van der Waals surface area contributed by atoms with Crippen molar-refractivity contribution < 1.29 is 13.7 Å². The number of nitrogens with one attached hydrogen (secondary N) is 1. The van der Waals surface area contributed by atoms with Crippen molar-refractivity contribution in [1.82, 2.24) is 10.1 Å². The third-order valence-electron chi connectivity index (χ3n) is 3.86. The predicted octanol–water partition coefficient (Wildman–Crippen LogP) is 5.51. The summed E-state index contributed by atoms with van der Waals surface area (Å²) < 4.78 is 11.0. The first-order valence-corrected chi connectivity index (χ1v) is 9.21. The second-order valence-electron chi connectivity index (χ2n) is 5.84. The number of anilines is 1. The molecule has 2 aromatic heterocycles. The summed E-state index contributed by atoms with van der Waals surface area (Å²) in [6.07, 6.45) is 3.67. The Morgan fingerprint density at radius 3 is 2.46 bits per heavy atom. The van der Waals surface area contributed by atoms with Gasteiger partial charge in [0.15, 0.2) is 10.4 Å². The maximum Gasteiger partial charge on any atom is 0.291 e. The number of benzene rings is 2. The number of hydrogen-bond donors (Lipinski definition) is 1. The summed E-state index contributed by atoms with van der Waals surface area (Å²) in [6.45, 7) is 0. The van der Waals surface area contributed by atoms with Crippen LogP contribution in [0.5, 0.6) is 0 Å². The van der Waals surface area contributed by atoms with Gasteiger partial charge >= 0.3 is 0 Å². The molecule has 0 aliphatic rings. The largest absolute Gasteiger partial charge is 0.444 e. The lowest BCUT2D eigenvalue weighted by Crippen LogP contribution is -2.10. The molecule has 0 saturated carbocycles. The van der Waals surface area contributed by atoms with Crippen LogP contribution in [-0.2, 0) is 0 Å². The molecule has 7 heteroatoms. The predicted molar refractivity (Wildman–Crippen MR) is 109 cm³/mol. The van der Waals surface area contributed by atoms with Gasteiger partial charge in [0.1, 0.15) is 0 Å². The van der Waals surface area contributed by atoms with Crippen molar-refractivity contribution in [2.45, 2.75) is 0 Å². The van der Waals surface area contributed by atoms with Crippen LogP contribution in [0.25, 0.3) is 23.5 Å². The van der Waals surface area contributed by atoms with Gasteiger partial charge in [0.05, 0.1) is 0 Å².